The summed E-state index contributed by atoms with van der Waals surface area (Å²) in [5.41, 5.74) is 0.321. The number of halogens is 3. The standard InChI is InChI=1S/C19H16BrClFN3O2/c1-25-9-8-23-19(25)18(13-4-2-3-5-15(13)22)24-17(26)11-27-16-7-6-12(20)10-14(16)21/h2-10,18H,11H2,1H3,(H,24,26). The molecule has 0 spiro atoms. The third-order valence-corrected chi connectivity index (χ3v) is 4.68. The summed E-state index contributed by atoms with van der Waals surface area (Å²) in [5, 5.41) is 3.16. The van der Waals surface area contributed by atoms with E-state index in [1.807, 2.05) is 0 Å². The van der Waals surface area contributed by atoms with Crippen molar-refractivity contribution >= 4 is 33.4 Å². The van der Waals surface area contributed by atoms with E-state index in [9.17, 15) is 9.18 Å². The second-order valence-electron chi connectivity index (χ2n) is 5.78. The third kappa shape index (κ3) is 4.67. The van der Waals surface area contributed by atoms with Gasteiger partial charge in [-0.2, -0.15) is 0 Å². The van der Waals surface area contributed by atoms with Crippen molar-refractivity contribution in [3.63, 3.8) is 0 Å². The maximum absolute atomic E-state index is 14.3. The predicted molar refractivity (Wildman–Crippen MR) is 104 cm³/mol. The molecule has 1 aromatic heterocycles. The molecule has 1 N–H and O–H groups in total. The van der Waals surface area contributed by atoms with Crippen LogP contribution in [0.2, 0.25) is 5.02 Å². The minimum Gasteiger partial charge on any atom is -0.482 e. The first-order valence-corrected chi connectivity index (χ1v) is 9.21. The fourth-order valence-corrected chi connectivity index (χ4v) is 3.31. The summed E-state index contributed by atoms with van der Waals surface area (Å²) in [6.45, 7) is -0.267. The number of hydrogen-bond acceptors (Lipinski definition) is 3. The predicted octanol–water partition coefficient (Wildman–Crippen LogP) is 4.26. The lowest BCUT2D eigenvalue weighted by molar-refractivity contribution is -0.123. The molecule has 140 valence electrons. The summed E-state index contributed by atoms with van der Waals surface area (Å²) in [7, 11) is 1.78. The lowest BCUT2D eigenvalue weighted by Crippen LogP contribution is -2.35. The van der Waals surface area contributed by atoms with Crippen LogP contribution in [0.3, 0.4) is 0 Å². The first-order chi connectivity index (χ1) is 13.0. The van der Waals surface area contributed by atoms with E-state index in [4.69, 9.17) is 16.3 Å². The fourth-order valence-electron chi connectivity index (χ4n) is 2.58. The summed E-state index contributed by atoms with van der Waals surface area (Å²) in [5.74, 6) is 0.0393. The number of aromatic nitrogens is 2. The normalized spacial score (nSPS) is 11.9. The van der Waals surface area contributed by atoms with Crippen molar-refractivity contribution in [2.45, 2.75) is 6.04 Å². The average Bonchev–Trinajstić information content (AvgIpc) is 3.05. The van der Waals surface area contributed by atoms with Crippen molar-refractivity contribution in [1.29, 1.82) is 0 Å². The molecule has 27 heavy (non-hydrogen) atoms. The van der Waals surface area contributed by atoms with Crippen LogP contribution < -0.4 is 10.1 Å². The molecule has 1 amide bonds. The zero-order valence-corrected chi connectivity index (χ0v) is 16.7. The largest absolute Gasteiger partial charge is 0.482 e. The van der Waals surface area contributed by atoms with Gasteiger partial charge < -0.3 is 14.6 Å². The molecule has 1 unspecified atom stereocenters. The van der Waals surface area contributed by atoms with Crippen molar-refractivity contribution < 1.29 is 13.9 Å². The van der Waals surface area contributed by atoms with Gasteiger partial charge in [0.1, 0.15) is 23.4 Å². The number of hydrogen-bond donors (Lipinski definition) is 1. The molecule has 2 aromatic carbocycles. The Balaban J connectivity index is 1.77. The highest BCUT2D eigenvalue weighted by Gasteiger charge is 2.23. The quantitative estimate of drug-likeness (QED) is 0.608. The van der Waals surface area contributed by atoms with Crippen molar-refractivity contribution in [1.82, 2.24) is 14.9 Å². The molecule has 0 aliphatic heterocycles. The monoisotopic (exact) mass is 451 g/mol. The Kier molecular flexibility index (Phi) is 6.13. The molecule has 5 nitrogen and oxygen atoms in total. The number of amides is 1. The summed E-state index contributed by atoms with van der Waals surface area (Å²) >= 11 is 9.39. The molecule has 0 aliphatic rings. The van der Waals surface area contributed by atoms with Crippen LogP contribution in [-0.4, -0.2) is 22.1 Å². The number of nitrogens with zero attached hydrogens (tertiary/aromatic N) is 2. The van der Waals surface area contributed by atoms with Crippen molar-refractivity contribution in [2.75, 3.05) is 6.61 Å². The number of nitrogens with one attached hydrogen (secondary N) is 1. The average molecular weight is 453 g/mol. The van der Waals surface area contributed by atoms with E-state index in [1.165, 1.54) is 6.07 Å². The maximum atomic E-state index is 14.3. The van der Waals surface area contributed by atoms with Gasteiger partial charge in [0.2, 0.25) is 0 Å². The second-order valence-corrected chi connectivity index (χ2v) is 7.10. The van der Waals surface area contributed by atoms with Gasteiger partial charge in [-0.15, -0.1) is 0 Å². The molecule has 1 heterocycles. The van der Waals surface area contributed by atoms with Gasteiger partial charge in [0.15, 0.2) is 6.61 Å². The number of benzene rings is 2. The molecule has 0 fully saturated rings. The lowest BCUT2D eigenvalue weighted by Gasteiger charge is -2.20. The Labute approximate surface area is 169 Å². The van der Waals surface area contributed by atoms with Crippen LogP contribution in [0.25, 0.3) is 0 Å². The Hall–Kier alpha value is -2.38. The first-order valence-electron chi connectivity index (χ1n) is 8.04. The first kappa shape index (κ1) is 19.4. The van der Waals surface area contributed by atoms with E-state index >= 15 is 0 Å². The van der Waals surface area contributed by atoms with E-state index in [-0.39, 0.29) is 6.61 Å². The molecule has 0 aliphatic carbocycles. The molecular weight excluding hydrogens is 437 g/mol. The van der Waals surface area contributed by atoms with Crippen molar-refractivity contribution in [3.8, 4) is 5.75 Å². The number of carbonyl (C=O) groups excluding carboxylic acids is 1. The van der Waals surface area contributed by atoms with Crippen molar-refractivity contribution in [2.24, 2.45) is 7.05 Å². The van der Waals surface area contributed by atoms with E-state index < -0.39 is 17.8 Å². The minimum atomic E-state index is -0.748. The van der Waals surface area contributed by atoms with Gasteiger partial charge in [0.05, 0.1) is 5.02 Å². The molecular formula is C19H16BrClFN3O2. The third-order valence-electron chi connectivity index (χ3n) is 3.89. The van der Waals surface area contributed by atoms with E-state index in [2.05, 4.69) is 26.2 Å². The van der Waals surface area contributed by atoms with Gasteiger partial charge in [-0.1, -0.05) is 45.7 Å². The maximum Gasteiger partial charge on any atom is 0.258 e. The van der Waals surface area contributed by atoms with Gasteiger partial charge in [0.25, 0.3) is 5.91 Å². The summed E-state index contributed by atoms with van der Waals surface area (Å²) in [6, 6.07) is 10.6. The summed E-state index contributed by atoms with van der Waals surface area (Å²) in [6.07, 6.45) is 3.32. The lowest BCUT2D eigenvalue weighted by atomic mass is 10.1. The highest BCUT2D eigenvalue weighted by molar-refractivity contribution is 9.10. The van der Waals surface area contributed by atoms with Crippen LogP contribution in [0.15, 0.2) is 59.3 Å². The number of carbonyl (C=O) groups is 1. The zero-order valence-electron chi connectivity index (χ0n) is 14.3. The molecule has 3 aromatic rings. The molecule has 3 rings (SSSR count). The minimum absolute atomic E-state index is 0.267. The Morgan fingerprint density at radius 2 is 2.15 bits per heavy atom. The van der Waals surface area contributed by atoms with Gasteiger partial charge in [-0.25, -0.2) is 9.37 Å². The fraction of sp³-hybridized carbons (Fsp3) is 0.158. The highest BCUT2D eigenvalue weighted by Crippen LogP contribution is 2.28. The molecule has 0 saturated heterocycles. The van der Waals surface area contributed by atoms with Crippen LogP contribution in [0.5, 0.6) is 5.75 Å². The number of aryl methyl sites for hydroxylation is 1. The molecule has 0 saturated carbocycles. The summed E-state index contributed by atoms with van der Waals surface area (Å²) < 4.78 is 22.3. The highest BCUT2D eigenvalue weighted by atomic mass is 79.9. The van der Waals surface area contributed by atoms with Crippen LogP contribution in [0, 0.1) is 5.82 Å². The van der Waals surface area contributed by atoms with Crippen LogP contribution in [0.1, 0.15) is 17.4 Å². The van der Waals surface area contributed by atoms with Crippen LogP contribution in [0.4, 0.5) is 4.39 Å². The Morgan fingerprint density at radius 1 is 1.37 bits per heavy atom. The van der Waals surface area contributed by atoms with E-state index in [1.54, 1.807) is 60.4 Å². The molecule has 0 bridgehead atoms. The SMILES string of the molecule is Cn1ccnc1C(NC(=O)COc1ccc(Br)cc1Cl)c1ccccc1F. The van der Waals surface area contributed by atoms with Gasteiger partial charge in [-0.3, -0.25) is 4.79 Å². The topological polar surface area (TPSA) is 56.2 Å². The van der Waals surface area contributed by atoms with E-state index in [0.29, 0.717) is 22.2 Å². The zero-order chi connectivity index (χ0) is 19.4. The van der Waals surface area contributed by atoms with Crippen molar-refractivity contribution in [3.05, 3.63) is 81.6 Å². The molecule has 1 atom stereocenters. The Bertz CT molecular complexity index is 964. The van der Waals surface area contributed by atoms with Gasteiger partial charge in [0, 0.05) is 29.5 Å². The van der Waals surface area contributed by atoms with E-state index in [0.717, 1.165) is 4.47 Å². The van der Waals surface area contributed by atoms with Gasteiger partial charge in [-0.05, 0) is 24.3 Å². The molecule has 8 heteroatoms. The second kappa shape index (κ2) is 8.54. The molecule has 0 radical (unpaired) electrons. The van der Waals surface area contributed by atoms with Crippen LogP contribution in [-0.2, 0) is 11.8 Å². The smallest absolute Gasteiger partial charge is 0.258 e. The Morgan fingerprint density at radius 3 is 2.81 bits per heavy atom. The number of imidazole rings is 1. The van der Waals surface area contributed by atoms with Gasteiger partial charge >= 0.3 is 0 Å². The summed E-state index contributed by atoms with van der Waals surface area (Å²) in [4.78, 5) is 16.7. The number of ether oxygens (including phenoxy) is 1. The number of rotatable bonds is 6. The van der Waals surface area contributed by atoms with Crippen LogP contribution >= 0.6 is 27.5 Å².